The molecule has 0 aromatic carbocycles. The van der Waals surface area contributed by atoms with Gasteiger partial charge < -0.3 is 4.98 Å². The molecule has 0 spiro atoms. The third kappa shape index (κ3) is 2.04. The molecular formula is C13H16N4S2. The fraction of sp³-hybridized carbons (Fsp3) is 0.385. The number of aromatic nitrogens is 4. The molecule has 0 unspecified atom stereocenters. The van der Waals surface area contributed by atoms with E-state index in [1.807, 2.05) is 30.0 Å². The largest absolute Gasteiger partial charge is 0.328 e. The van der Waals surface area contributed by atoms with Crippen molar-refractivity contribution < 1.29 is 0 Å². The van der Waals surface area contributed by atoms with Crippen LogP contribution in [0.25, 0.3) is 11.2 Å². The molecule has 0 aliphatic heterocycles. The van der Waals surface area contributed by atoms with Gasteiger partial charge in [-0.1, -0.05) is 6.92 Å². The van der Waals surface area contributed by atoms with E-state index >= 15 is 0 Å². The Bertz CT molecular complexity index is 787. The number of hydrogen-bond acceptors (Lipinski definition) is 3. The van der Waals surface area contributed by atoms with Gasteiger partial charge in [0, 0.05) is 16.8 Å². The number of nitrogens with zero attached hydrogens (tertiary/aromatic N) is 3. The maximum Gasteiger partial charge on any atom is 0.179 e. The van der Waals surface area contributed by atoms with Gasteiger partial charge in [-0.2, -0.15) is 5.10 Å². The fourth-order valence-electron chi connectivity index (χ4n) is 2.37. The molecule has 0 aliphatic carbocycles. The van der Waals surface area contributed by atoms with Crippen molar-refractivity contribution in [2.45, 2.75) is 26.8 Å². The molecule has 0 amide bonds. The Hall–Kier alpha value is -1.40. The maximum atomic E-state index is 5.43. The van der Waals surface area contributed by atoms with Crippen LogP contribution >= 0.6 is 23.6 Å². The first-order valence-corrected chi connectivity index (χ1v) is 7.52. The minimum absolute atomic E-state index is 0.762. The van der Waals surface area contributed by atoms with Gasteiger partial charge in [0.05, 0.1) is 12.2 Å². The van der Waals surface area contributed by atoms with Crippen LogP contribution in [0.5, 0.6) is 0 Å². The first-order chi connectivity index (χ1) is 9.10. The predicted molar refractivity (Wildman–Crippen MR) is 81.4 cm³/mol. The van der Waals surface area contributed by atoms with E-state index in [4.69, 9.17) is 12.2 Å². The van der Waals surface area contributed by atoms with Crippen LogP contribution in [-0.2, 0) is 20.0 Å². The molecule has 19 heavy (non-hydrogen) atoms. The van der Waals surface area contributed by atoms with E-state index in [1.165, 1.54) is 9.75 Å². The molecule has 0 aliphatic rings. The van der Waals surface area contributed by atoms with Gasteiger partial charge in [-0.25, -0.2) is 0 Å². The number of nitrogens with one attached hydrogen (secondary N) is 1. The van der Waals surface area contributed by atoms with Crippen LogP contribution in [0, 0.1) is 11.7 Å². The SMILES string of the molecule is CCc1ccc(Cn2c(=S)[nH]c3c(C)nn(C)c32)s1. The zero-order valence-electron chi connectivity index (χ0n) is 11.2. The van der Waals surface area contributed by atoms with Crippen molar-refractivity contribution in [3.05, 3.63) is 32.4 Å². The van der Waals surface area contributed by atoms with E-state index in [0.717, 1.165) is 34.6 Å². The molecule has 0 bridgehead atoms. The Balaban J connectivity index is 2.09. The van der Waals surface area contributed by atoms with Crippen molar-refractivity contribution >= 4 is 34.7 Å². The van der Waals surface area contributed by atoms with Gasteiger partial charge in [-0.05, 0) is 37.7 Å². The summed E-state index contributed by atoms with van der Waals surface area (Å²) >= 11 is 7.28. The van der Waals surface area contributed by atoms with Gasteiger partial charge in [0.2, 0.25) is 0 Å². The summed E-state index contributed by atoms with van der Waals surface area (Å²) in [5.41, 5.74) is 3.09. The highest BCUT2D eigenvalue weighted by Crippen LogP contribution is 2.22. The van der Waals surface area contributed by atoms with E-state index in [9.17, 15) is 0 Å². The first-order valence-electron chi connectivity index (χ1n) is 6.30. The lowest BCUT2D eigenvalue weighted by molar-refractivity contribution is 0.719. The van der Waals surface area contributed by atoms with Crippen molar-refractivity contribution in [3.8, 4) is 0 Å². The molecule has 3 aromatic rings. The topological polar surface area (TPSA) is 38.5 Å². The van der Waals surface area contributed by atoms with Crippen molar-refractivity contribution in [1.82, 2.24) is 19.3 Å². The highest BCUT2D eigenvalue weighted by molar-refractivity contribution is 7.71. The number of aryl methyl sites for hydroxylation is 3. The summed E-state index contributed by atoms with van der Waals surface area (Å²) in [5.74, 6) is 0. The average molecular weight is 292 g/mol. The lowest BCUT2D eigenvalue weighted by Gasteiger charge is -2.02. The summed E-state index contributed by atoms with van der Waals surface area (Å²) in [6.45, 7) is 4.99. The normalized spacial score (nSPS) is 11.5. The third-order valence-corrected chi connectivity index (χ3v) is 4.84. The lowest BCUT2D eigenvalue weighted by Crippen LogP contribution is -2.03. The molecule has 0 radical (unpaired) electrons. The molecule has 0 atom stereocenters. The third-order valence-electron chi connectivity index (χ3n) is 3.30. The van der Waals surface area contributed by atoms with E-state index in [-0.39, 0.29) is 0 Å². The number of H-pyrrole nitrogens is 1. The molecule has 100 valence electrons. The van der Waals surface area contributed by atoms with Gasteiger partial charge in [-0.3, -0.25) is 9.25 Å². The zero-order valence-corrected chi connectivity index (χ0v) is 12.9. The van der Waals surface area contributed by atoms with E-state index in [0.29, 0.717) is 0 Å². The Morgan fingerprint density at radius 1 is 1.37 bits per heavy atom. The summed E-state index contributed by atoms with van der Waals surface area (Å²) in [4.78, 5) is 5.99. The van der Waals surface area contributed by atoms with Crippen molar-refractivity contribution in [2.75, 3.05) is 0 Å². The molecule has 3 aromatic heterocycles. The molecule has 4 nitrogen and oxygen atoms in total. The Morgan fingerprint density at radius 2 is 2.11 bits per heavy atom. The monoisotopic (exact) mass is 292 g/mol. The summed E-state index contributed by atoms with van der Waals surface area (Å²) in [7, 11) is 1.96. The first kappa shape index (κ1) is 12.6. The standard InChI is InChI=1S/C13H16N4S2/c1-4-9-5-6-10(19-9)7-17-12-11(14-13(17)18)8(2)15-16(12)3/h5-6H,4,7H2,1-3H3,(H,14,18). The molecule has 0 saturated heterocycles. The second-order valence-corrected chi connectivity index (χ2v) is 6.29. The quantitative estimate of drug-likeness (QED) is 0.751. The summed E-state index contributed by atoms with van der Waals surface area (Å²) in [6.07, 6.45) is 1.09. The van der Waals surface area contributed by atoms with Crippen LogP contribution in [-0.4, -0.2) is 19.3 Å². The van der Waals surface area contributed by atoms with Crippen LogP contribution in [0.4, 0.5) is 0 Å². The highest BCUT2D eigenvalue weighted by atomic mass is 32.1. The van der Waals surface area contributed by atoms with E-state index in [1.54, 1.807) is 0 Å². The van der Waals surface area contributed by atoms with Gasteiger partial charge in [0.25, 0.3) is 0 Å². The number of thiophene rings is 1. The Morgan fingerprint density at radius 3 is 2.79 bits per heavy atom. The fourth-order valence-corrected chi connectivity index (χ4v) is 3.57. The minimum Gasteiger partial charge on any atom is -0.328 e. The molecule has 0 fully saturated rings. The summed E-state index contributed by atoms with van der Waals surface area (Å²) in [6, 6.07) is 4.38. The van der Waals surface area contributed by atoms with Crippen molar-refractivity contribution in [2.24, 2.45) is 7.05 Å². The smallest absolute Gasteiger partial charge is 0.179 e. The lowest BCUT2D eigenvalue weighted by atomic mass is 10.3. The molecule has 0 saturated carbocycles. The predicted octanol–water partition coefficient (Wildman–Crippen LogP) is 3.41. The molecule has 3 rings (SSSR count). The van der Waals surface area contributed by atoms with Crippen LogP contribution in [0.1, 0.15) is 22.4 Å². The van der Waals surface area contributed by atoms with E-state index in [2.05, 4.69) is 33.7 Å². The molecule has 1 N–H and O–H groups in total. The highest BCUT2D eigenvalue weighted by Gasteiger charge is 2.13. The summed E-state index contributed by atoms with van der Waals surface area (Å²) < 4.78 is 4.78. The molecular weight excluding hydrogens is 276 g/mol. The Kier molecular flexibility index (Phi) is 3.06. The molecule has 3 heterocycles. The van der Waals surface area contributed by atoms with Crippen LogP contribution < -0.4 is 0 Å². The number of fused-ring (bicyclic) bond motifs is 1. The molecule has 6 heteroatoms. The minimum atomic E-state index is 0.762. The Labute approximate surface area is 120 Å². The van der Waals surface area contributed by atoms with Crippen LogP contribution in [0.15, 0.2) is 12.1 Å². The number of rotatable bonds is 3. The van der Waals surface area contributed by atoms with Crippen LogP contribution in [0.2, 0.25) is 0 Å². The van der Waals surface area contributed by atoms with Crippen LogP contribution in [0.3, 0.4) is 0 Å². The second kappa shape index (κ2) is 4.61. The number of aromatic amines is 1. The van der Waals surface area contributed by atoms with Gasteiger partial charge >= 0.3 is 0 Å². The van der Waals surface area contributed by atoms with Gasteiger partial charge in [-0.15, -0.1) is 11.3 Å². The van der Waals surface area contributed by atoms with Crippen molar-refractivity contribution in [3.63, 3.8) is 0 Å². The van der Waals surface area contributed by atoms with E-state index < -0.39 is 0 Å². The maximum absolute atomic E-state index is 5.43. The average Bonchev–Trinajstić information content (AvgIpc) is 3.01. The zero-order chi connectivity index (χ0) is 13.6. The number of hydrogen-bond donors (Lipinski definition) is 1. The second-order valence-electron chi connectivity index (χ2n) is 4.65. The van der Waals surface area contributed by atoms with Crippen molar-refractivity contribution in [1.29, 1.82) is 0 Å². The number of imidazole rings is 1. The van der Waals surface area contributed by atoms with Gasteiger partial charge in [0.1, 0.15) is 5.52 Å². The summed E-state index contributed by atoms with van der Waals surface area (Å²) in [5, 5.41) is 4.44. The van der Waals surface area contributed by atoms with Gasteiger partial charge in [0.15, 0.2) is 10.4 Å².